The van der Waals surface area contributed by atoms with Gasteiger partial charge in [-0.1, -0.05) is 42.5 Å². The maximum absolute atomic E-state index is 12.1. The number of benzene rings is 2. The molecule has 0 atom stereocenters. The molecule has 2 amide bonds. The molecule has 0 aromatic heterocycles. The van der Waals surface area contributed by atoms with Crippen molar-refractivity contribution in [1.82, 2.24) is 10.6 Å². The predicted molar refractivity (Wildman–Crippen MR) is 101 cm³/mol. The zero-order valence-corrected chi connectivity index (χ0v) is 15.0. The second kappa shape index (κ2) is 9.15. The molecule has 0 radical (unpaired) electrons. The molecule has 1 fully saturated rings. The van der Waals surface area contributed by atoms with Gasteiger partial charge in [-0.15, -0.1) is 0 Å². The van der Waals surface area contributed by atoms with Gasteiger partial charge in [0.2, 0.25) is 5.91 Å². The molecule has 1 heterocycles. The van der Waals surface area contributed by atoms with E-state index in [1.165, 1.54) is 31.5 Å². The van der Waals surface area contributed by atoms with Gasteiger partial charge >= 0.3 is 0 Å². The first-order valence-corrected chi connectivity index (χ1v) is 9.22. The van der Waals surface area contributed by atoms with E-state index in [1.807, 2.05) is 12.1 Å². The molecule has 3 N–H and O–H groups in total. The van der Waals surface area contributed by atoms with Crippen LogP contribution in [-0.2, 0) is 17.9 Å². The Labute approximate surface area is 154 Å². The van der Waals surface area contributed by atoms with Gasteiger partial charge in [0.1, 0.15) is 6.54 Å². The summed E-state index contributed by atoms with van der Waals surface area (Å²) < 4.78 is 0. The van der Waals surface area contributed by atoms with Crippen LogP contribution in [0.15, 0.2) is 54.6 Å². The van der Waals surface area contributed by atoms with Crippen molar-refractivity contribution < 1.29 is 14.5 Å². The highest BCUT2D eigenvalue weighted by atomic mass is 16.2. The normalized spacial score (nSPS) is 14.2. The summed E-state index contributed by atoms with van der Waals surface area (Å²) in [6.45, 7) is 3.94. The van der Waals surface area contributed by atoms with E-state index in [1.54, 1.807) is 29.2 Å². The Morgan fingerprint density at radius 1 is 0.846 bits per heavy atom. The average molecular weight is 352 g/mol. The number of carbonyl (C=O) groups excluding carboxylic acids is 2. The molecule has 1 saturated heterocycles. The first-order chi connectivity index (χ1) is 12.7. The largest absolute Gasteiger partial charge is 0.350 e. The molecule has 0 unspecified atom stereocenters. The van der Waals surface area contributed by atoms with Crippen molar-refractivity contribution in [3.8, 4) is 0 Å². The van der Waals surface area contributed by atoms with Crippen LogP contribution >= 0.6 is 0 Å². The van der Waals surface area contributed by atoms with Crippen molar-refractivity contribution in [3.63, 3.8) is 0 Å². The molecule has 26 heavy (non-hydrogen) atoms. The smallest absolute Gasteiger partial charge is 0.251 e. The van der Waals surface area contributed by atoms with E-state index in [0.29, 0.717) is 12.1 Å². The van der Waals surface area contributed by atoms with Crippen LogP contribution in [0, 0.1) is 0 Å². The third-order valence-electron chi connectivity index (χ3n) is 4.79. The standard InChI is InChI=1S/C21H25N3O2/c25-20(15-23-21(26)17-8-2-1-3-9-17)22-14-18-10-4-5-11-19(18)16-24-12-6-7-13-24/h1-5,8-11H,6-7,12-16H2,(H,22,25)(H,23,26)/p+1. The molecule has 1 aliphatic heterocycles. The molecule has 2 aromatic rings. The second-order valence-electron chi connectivity index (χ2n) is 6.73. The average Bonchev–Trinajstić information content (AvgIpc) is 3.19. The van der Waals surface area contributed by atoms with E-state index in [0.717, 1.165) is 12.1 Å². The fourth-order valence-corrected chi connectivity index (χ4v) is 3.33. The highest BCUT2D eigenvalue weighted by molar-refractivity contribution is 5.96. The number of carbonyl (C=O) groups is 2. The molecule has 5 heteroatoms. The quantitative estimate of drug-likeness (QED) is 0.694. The topological polar surface area (TPSA) is 62.6 Å². The Hall–Kier alpha value is -2.66. The SMILES string of the molecule is O=C(CNC(=O)c1ccccc1)NCc1ccccc1C[NH+]1CCCC1. The summed E-state index contributed by atoms with van der Waals surface area (Å²) >= 11 is 0. The number of hydrogen-bond acceptors (Lipinski definition) is 2. The minimum Gasteiger partial charge on any atom is -0.350 e. The van der Waals surface area contributed by atoms with E-state index in [4.69, 9.17) is 0 Å². The van der Waals surface area contributed by atoms with Gasteiger partial charge in [0.05, 0.1) is 19.6 Å². The fraction of sp³-hybridized carbons (Fsp3) is 0.333. The highest BCUT2D eigenvalue weighted by Gasteiger charge is 2.17. The summed E-state index contributed by atoms with van der Waals surface area (Å²) in [6.07, 6.45) is 2.60. The maximum Gasteiger partial charge on any atom is 0.251 e. The monoisotopic (exact) mass is 352 g/mol. The van der Waals surface area contributed by atoms with E-state index < -0.39 is 0 Å². The Balaban J connectivity index is 1.47. The molecule has 1 aliphatic rings. The first kappa shape index (κ1) is 18.1. The molecule has 0 spiro atoms. The lowest BCUT2D eigenvalue weighted by atomic mass is 10.1. The zero-order valence-electron chi connectivity index (χ0n) is 15.0. The Morgan fingerprint density at radius 3 is 2.23 bits per heavy atom. The number of amides is 2. The van der Waals surface area contributed by atoms with Crippen molar-refractivity contribution in [3.05, 3.63) is 71.3 Å². The third kappa shape index (κ3) is 5.17. The van der Waals surface area contributed by atoms with E-state index >= 15 is 0 Å². The summed E-state index contributed by atoms with van der Waals surface area (Å²) in [7, 11) is 0. The van der Waals surface area contributed by atoms with Crippen LogP contribution in [0.4, 0.5) is 0 Å². The van der Waals surface area contributed by atoms with Crippen molar-refractivity contribution in [2.24, 2.45) is 0 Å². The van der Waals surface area contributed by atoms with Gasteiger partial charge in [-0.25, -0.2) is 0 Å². The van der Waals surface area contributed by atoms with Crippen LogP contribution in [0.1, 0.15) is 34.3 Å². The number of hydrogen-bond donors (Lipinski definition) is 3. The van der Waals surface area contributed by atoms with Gasteiger partial charge in [-0.05, 0) is 17.7 Å². The van der Waals surface area contributed by atoms with Gasteiger partial charge in [-0.2, -0.15) is 0 Å². The molecule has 0 bridgehead atoms. The summed E-state index contributed by atoms with van der Waals surface area (Å²) in [5.74, 6) is -0.420. The lowest BCUT2D eigenvalue weighted by molar-refractivity contribution is -0.901. The molecule has 0 saturated carbocycles. The van der Waals surface area contributed by atoms with Gasteiger partial charge in [0.25, 0.3) is 5.91 Å². The Kier molecular flexibility index (Phi) is 6.39. The van der Waals surface area contributed by atoms with Crippen LogP contribution < -0.4 is 15.5 Å². The van der Waals surface area contributed by atoms with Crippen molar-refractivity contribution in [2.45, 2.75) is 25.9 Å². The van der Waals surface area contributed by atoms with Crippen LogP contribution in [-0.4, -0.2) is 31.4 Å². The van der Waals surface area contributed by atoms with Crippen LogP contribution in [0.5, 0.6) is 0 Å². The fourth-order valence-electron chi connectivity index (χ4n) is 3.33. The molecular weight excluding hydrogens is 326 g/mol. The van der Waals surface area contributed by atoms with E-state index in [-0.39, 0.29) is 18.4 Å². The summed E-state index contributed by atoms with van der Waals surface area (Å²) in [5, 5.41) is 5.56. The highest BCUT2D eigenvalue weighted by Crippen LogP contribution is 2.08. The molecule has 136 valence electrons. The van der Waals surface area contributed by atoms with Gasteiger partial charge in [-0.3, -0.25) is 9.59 Å². The molecular formula is C21H26N3O2+. The van der Waals surface area contributed by atoms with Gasteiger partial charge in [0.15, 0.2) is 0 Å². The Bertz CT molecular complexity index is 740. The molecule has 3 rings (SSSR count). The lowest BCUT2D eigenvalue weighted by Gasteiger charge is -2.15. The number of quaternary nitrogens is 1. The zero-order chi connectivity index (χ0) is 18.2. The number of rotatable bonds is 7. The van der Waals surface area contributed by atoms with Crippen LogP contribution in [0.2, 0.25) is 0 Å². The van der Waals surface area contributed by atoms with E-state index in [2.05, 4.69) is 28.8 Å². The lowest BCUT2D eigenvalue weighted by Crippen LogP contribution is -3.08. The molecule has 5 nitrogen and oxygen atoms in total. The van der Waals surface area contributed by atoms with Crippen molar-refractivity contribution in [1.29, 1.82) is 0 Å². The maximum atomic E-state index is 12.1. The number of likely N-dealkylation sites (tertiary alicyclic amines) is 1. The minimum atomic E-state index is -0.237. The molecule has 0 aliphatic carbocycles. The second-order valence-corrected chi connectivity index (χ2v) is 6.73. The van der Waals surface area contributed by atoms with Gasteiger partial charge < -0.3 is 15.5 Å². The predicted octanol–water partition coefficient (Wildman–Crippen LogP) is 0.911. The Morgan fingerprint density at radius 2 is 1.50 bits per heavy atom. The minimum absolute atomic E-state index is 0.0206. The summed E-state index contributed by atoms with van der Waals surface area (Å²) in [4.78, 5) is 25.7. The third-order valence-corrected chi connectivity index (χ3v) is 4.79. The van der Waals surface area contributed by atoms with Gasteiger partial charge in [0, 0.05) is 30.5 Å². The van der Waals surface area contributed by atoms with Crippen LogP contribution in [0.25, 0.3) is 0 Å². The van der Waals surface area contributed by atoms with Crippen molar-refractivity contribution >= 4 is 11.8 Å². The van der Waals surface area contributed by atoms with Crippen molar-refractivity contribution in [2.75, 3.05) is 19.6 Å². The van der Waals surface area contributed by atoms with E-state index in [9.17, 15) is 9.59 Å². The first-order valence-electron chi connectivity index (χ1n) is 9.22. The molecule has 2 aromatic carbocycles. The summed E-state index contributed by atoms with van der Waals surface area (Å²) in [6, 6.07) is 17.2. The number of nitrogens with one attached hydrogen (secondary N) is 3. The summed E-state index contributed by atoms with van der Waals surface area (Å²) in [5.41, 5.74) is 2.99. The van der Waals surface area contributed by atoms with Crippen LogP contribution in [0.3, 0.4) is 0 Å².